The topological polar surface area (TPSA) is 68.7 Å². The van der Waals surface area contributed by atoms with Crippen LogP contribution in [0.3, 0.4) is 0 Å². The minimum atomic E-state index is 0.421. The lowest BCUT2D eigenvalue weighted by Gasteiger charge is -2.27. The van der Waals surface area contributed by atoms with Gasteiger partial charge in [0.15, 0.2) is 0 Å². The van der Waals surface area contributed by atoms with Crippen LogP contribution in [0.5, 0.6) is 0 Å². The zero-order chi connectivity index (χ0) is 16.5. The molecule has 2 N–H and O–H groups in total. The zero-order valence-electron chi connectivity index (χ0n) is 13.2. The lowest BCUT2D eigenvalue weighted by molar-refractivity contribution is 0.122. The van der Waals surface area contributed by atoms with Gasteiger partial charge in [0, 0.05) is 30.2 Å². The van der Waals surface area contributed by atoms with Crippen LogP contribution in [-0.4, -0.2) is 40.9 Å². The van der Waals surface area contributed by atoms with Crippen LogP contribution < -0.4 is 10.6 Å². The van der Waals surface area contributed by atoms with Gasteiger partial charge in [0.1, 0.15) is 6.33 Å². The fourth-order valence-electron chi connectivity index (χ4n) is 2.99. The number of fused-ring (bicyclic) bond motifs is 1. The van der Waals surface area contributed by atoms with Crippen molar-refractivity contribution >= 4 is 22.8 Å². The third-order valence-electron chi connectivity index (χ3n) is 4.31. The number of aromatic nitrogens is 3. The molecule has 0 radical (unpaired) electrons. The molecule has 124 valence electrons. The predicted molar refractivity (Wildman–Crippen MR) is 94.4 cm³/mol. The van der Waals surface area contributed by atoms with Crippen molar-refractivity contribution in [1.82, 2.24) is 14.6 Å². The normalized spacial score (nSPS) is 15.2. The van der Waals surface area contributed by atoms with Gasteiger partial charge < -0.3 is 15.4 Å². The Morgan fingerprint density at radius 1 is 1.21 bits per heavy atom. The van der Waals surface area contributed by atoms with Gasteiger partial charge in [-0.05, 0) is 17.7 Å². The highest BCUT2D eigenvalue weighted by Gasteiger charge is 2.16. The van der Waals surface area contributed by atoms with E-state index in [4.69, 9.17) is 22.1 Å². The van der Waals surface area contributed by atoms with E-state index in [0.717, 1.165) is 54.3 Å². The van der Waals surface area contributed by atoms with Crippen molar-refractivity contribution in [3.8, 4) is 11.3 Å². The summed E-state index contributed by atoms with van der Waals surface area (Å²) in [5.74, 6) is 0. The van der Waals surface area contributed by atoms with Crippen LogP contribution in [0.4, 0.5) is 5.69 Å². The Kier molecular flexibility index (Phi) is 4.10. The summed E-state index contributed by atoms with van der Waals surface area (Å²) in [5.41, 5.74) is 10.5. The summed E-state index contributed by atoms with van der Waals surface area (Å²) in [6, 6.07) is 7.97. The first-order chi connectivity index (χ1) is 11.8. The number of benzene rings is 1. The number of halogens is 1. The number of anilines is 1. The van der Waals surface area contributed by atoms with Crippen LogP contribution >= 0.6 is 11.6 Å². The van der Waals surface area contributed by atoms with E-state index in [2.05, 4.69) is 21.0 Å². The molecule has 0 bridgehead atoms. The highest BCUT2D eigenvalue weighted by molar-refractivity contribution is 6.31. The summed E-state index contributed by atoms with van der Waals surface area (Å²) in [7, 11) is 0. The van der Waals surface area contributed by atoms with E-state index >= 15 is 0 Å². The summed E-state index contributed by atoms with van der Waals surface area (Å²) in [6.45, 7) is 3.69. The fourth-order valence-corrected chi connectivity index (χ4v) is 3.25. The van der Waals surface area contributed by atoms with E-state index in [1.54, 1.807) is 6.33 Å². The summed E-state index contributed by atoms with van der Waals surface area (Å²) < 4.78 is 7.28. The number of morpholine rings is 1. The van der Waals surface area contributed by atoms with Crippen molar-refractivity contribution in [1.29, 1.82) is 0 Å². The van der Waals surface area contributed by atoms with Gasteiger partial charge in [0.05, 0.1) is 36.3 Å². The third-order valence-corrected chi connectivity index (χ3v) is 4.67. The number of hydrogen-bond acceptors (Lipinski definition) is 5. The summed E-state index contributed by atoms with van der Waals surface area (Å²) in [5, 5.41) is 4.99. The minimum absolute atomic E-state index is 0.421. The van der Waals surface area contributed by atoms with Gasteiger partial charge in [0.25, 0.3) is 0 Å². The van der Waals surface area contributed by atoms with Crippen molar-refractivity contribution in [3.05, 3.63) is 47.4 Å². The summed E-state index contributed by atoms with van der Waals surface area (Å²) in [4.78, 5) is 6.77. The van der Waals surface area contributed by atoms with Gasteiger partial charge in [-0.15, -0.1) is 0 Å². The molecule has 0 aliphatic carbocycles. The second-order valence-corrected chi connectivity index (χ2v) is 6.15. The van der Waals surface area contributed by atoms with E-state index in [1.165, 1.54) is 0 Å². The number of nitrogens with zero attached hydrogens (tertiary/aromatic N) is 4. The molecular formula is C17H18ClN5O. The molecule has 7 heteroatoms. The van der Waals surface area contributed by atoms with Crippen molar-refractivity contribution in [2.24, 2.45) is 5.73 Å². The average Bonchev–Trinajstić information content (AvgIpc) is 3.06. The molecular weight excluding hydrogens is 326 g/mol. The molecule has 4 rings (SSSR count). The lowest BCUT2D eigenvalue weighted by atomic mass is 10.1. The Balaban J connectivity index is 1.78. The first-order valence-corrected chi connectivity index (χ1v) is 8.29. The molecule has 2 aromatic heterocycles. The molecule has 0 saturated carbocycles. The first kappa shape index (κ1) is 15.4. The van der Waals surface area contributed by atoms with Gasteiger partial charge >= 0.3 is 0 Å². The quantitative estimate of drug-likeness (QED) is 0.790. The van der Waals surface area contributed by atoms with E-state index < -0.39 is 0 Å². The monoisotopic (exact) mass is 343 g/mol. The van der Waals surface area contributed by atoms with Crippen LogP contribution in [0.15, 0.2) is 36.8 Å². The van der Waals surface area contributed by atoms with Crippen molar-refractivity contribution < 1.29 is 4.74 Å². The number of ether oxygens (including phenoxy) is 1. The fraction of sp³-hybridized carbons (Fsp3) is 0.294. The largest absolute Gasteiger partial charge is 0.378 e. The second kappa shape index (κ2) is 6.39. The molecule has 0 amide bonds. The molecule has 0 spiro atoms. The van der Waals surface area contributed by atoms with Gasteiger partial charge in [-0.25, -0.2) is 9.50 Å². The van der Waals surface area contributed by atoms with Gasteiger partial charge in [-0.1, -0.05) is 23.7 Å². The van der Waals surface area contributed by atoms with E-state index in [0.29, 0.717) is 11.6 Å². The zero-order valence-corrected chi connectivity index (χ0v) is 13.9. The Labute approximate surface area is 144 Å². The van der Waals surface area contributed by atoms with Gasteiger partial charge in [-0.2, -0.15) is 5.10 Å². The minimum Gasteiger partial charge on any atom is -0.378 e. The average molecular weight is 344 g/mol. The van der Waals surface area contributed by atoms with Crippen molar-refractivity contribution in [2.45, 2.75) is 6.54 Å². The second-order valence-electron chi connectivity index (χ2n) is 5.75. The summed E-state index contributed by atoms with van der Waals surface area (Å²) >= 11 is 6.31. The number of rotatable bonds is 3. The van der Waals surface area contributed by atoms with E-state index in [1.807, 2.05) is 28.9 Å². The van der Waals surface area contributed by atoms with Crippen LogP contribution in [0.25, 0.3) is 16.8 Å². The molecule has 3 heterocycles. The smallest absolute Gasteiger partial charge is 0.137 e. The number of hydrogen-bond donors (Lipinski definition) is 1. The summed E-state index contributed by atoms with van der Waals surface area (Å²) in [6.07, 6.45) is 3.60. The maximum Gasteiger partial charge on any atom is 0.137 e. The molecule has 1 aliphatic rings. The Hall–Kier alpha value is -2.15. The van der Waals surface area contributed by atoms with Crippen LogP contribution in [0, 0.1) is 0 Å². The molecule has 24 heavy (non-hydrogen) atoms. The van der Waals surface area contributed by atoms with Crippen LogP contribution in [0.2, 0.25) is 5.02 Å². The Morgan fingerprint density at radius 3 is 2.79 bits per heavy atom. The van der Waals surface area contributed by atoms with Gasteiger partial charge in [-0.3, -0.25) is 0 Å². The lowest BCUT2D eigenvalue weighted by Crippen LogP contribution is -2.35. The van der Waals surface area contributed by atoms with Crippen LogP contribution in [0.1, 0.15) is 5.56 Å². The van der Waals surface area contributed by atoms with Crippen molar-refractivity contribution in [3.63, 3.8) is 0 Å². The van der Waals surface area contributed by atoms with E-state index in [-0.39, 0.29) is 0 Å². The molecule has 3 aromatic rings. The maximum absolute atomic E-state index is 6.31. The highest BCUT2D eigenvalue weighted by Crippen LogP contribution is 2.29. The Bertz CT molecular complexity index is 873. The molecule has 0 unspecified atom stereocenters. The number of nitrogens with two attached hydrogens (primary N) is 1. The molecule has 1 saturated heterocycles. The Morgan fingerprint density at radius 2 is 2.04 bits per heavy atom. The third kappa shape index (κ3) is 2.73. The molecule has 0 atom stereocenters. The van der Waals surface area contributed by atoms with Crippen LogP contribution in [-0.2, 0) is 11.3 Å². The first-order valence-electron chi connectivity index (χ1n) is 7.91. The predicted octanol–water partition coefficient (Wildman–Crippen LogP) is 2.34. The molecule has 1 fully saturated rings. The molecule has 1 aliphatic heterocycles. The highest BCUT2D eigenvalue weighted by atomic mass is 35.5. The van der Waals surface area contributed by atoms with Crippen molar-refractivity contribution in [2.75, 3.05) is 31.2 Å². The van der Waals surface area contributed by atoms with E-state index in [9.17, 15) is 0 Å². The maximum atomic E-state index is 6.31. The van der Waals surface area contributed by atoms with Gasteiger partial charge in [0.2, 0.25) is 0 Å². The molecule has 6 nitrogen and oxygen atoms in total. The SMILES string of the molecule is NCc1ccc(-c2ncnn3cc(N4CCOCC4)cc23)cc1Cl. The standard InChI is InChI=1S/C17H18ClN5O/c18-15-7-12(1-2-13(15)9-19)17-16-8-14(10-23(16)21-11-20-17)22-3-5-24-6-4-22/h1-2,7-8,10-11H,3-6,9,19H2. The molecule has 1 aromatic carbocycles.